The van der Waals surface area contributed by atoms with Gasteiger partial charge in [-0.05, 0) is 17.7 Å². The number of anilines is 1. The lowest BCUT2D eigenvalue weighted by Crippen LogP contribution is -2.15. The van der Waals surface area contributed by atoms with Crippen molar-refractivity contribution in [3.8, 4) is 11.3 Å². The van der Waals surface area contributed by atoms with Gasteiger partial charge in [0, 0.05) is 17.0 Å². The Morgan fingerprint density at radius 3 is 2.60 bits per heavy atom. The van der Waals surface area contributed by atoms with E-state index < -0.39 is 4.92 Å². The number of carbonyl (C=O) groups is 1. The molecule has 8 heteroatoms. The van der Waals surface area contributed by atoms with Crippen molar-refractivity contribution in [3.63, 3.8) is 0 Å². The summed E-state index contributed by atoms with van der Waals surface area (Å²) in [6.45, 7) is 0. The minimum Gasteiger partial charge on any atom is -0.320 e. The summed E-state index contributed by atoms with van der Waals surface area (Å²) in [5, 5.41) is 15.4. The molecule has 0 aliphatic rings. The van der Waals surface area contributed by atoms with E-state index in [-0.39, 0.29) is 28.6 Å². The largest absolute Gasteiger partial charge is 0.320 e. The van der Waals surface area contributed by atoms with Crippen LogP contribution in [0.4, 0.5) is 11.4 Å². The highest BCUT2D eigenvalue weighted by Gasteiger charge is 2.17. The van der Waals surface area contributed by atoms with Crippen LogP contribution in [0.15, 0.2) is 58.7 Å². The monoisotopic (exact) mass is 355 g/mol. The van der Waals surface area contributed by atoms with Crippen molar-refractivity contribution in [3.05, 3.63) is 79.3 Å². The minimum atomic E-state index is -0.557. The number of nitrogens with zero attached hydrogens (tertiary/aromatic N) is 1. The molecule has 0 saturated heterocycles. The molecule has 0 aliphatic heterocycles. The number of H-pyrrole nitrogens is 1. The molecule has 3 rings (SSSR count). The second-order valence-electron chi connectivity index (χ2n) is 5.26. The number of nitro benzene ring substituents is 1. The predicted octanol–water partition coefficient (Wildman–Crippen LogP) is 3.19. The molecule has 7 nitrogen and oxygen atoms in total. The number of benzene rings is 2. The van der Waals surface area contributed by atoms with Gasteiger partial charge in [0.2, 0.25) is 5.91 Å². The van der Waals surface area contributed by atoms with Crippen LogP contribution < -0.4 is 10.2 Å². The highest BCUT2D eigenvalue weighted by atomic mass is 32.1. The first-order valence-electron chi connectivity index (χ1n) is 7.33. The molecule has 1 aromatic heterocycles. The zero-order chi connectivity index (χ0) is 17.8. The number of rotatable bonds is 5. The van der Waals surface area contributed by atoms with Crippen molar-refractivity contribution in [2.24, 2.45) is 0 Å². The Morgan fingerprint density at radius 2 is 1.96 bits per heavy atom. The number of hydrogen-bond donors (Lipinski definition) is 2. The second kappa shape index (κ2) is 7.10. The normalized spacial score (nSPS) is 10.4. The maximum atomic E-state index is 12.2. The van der Waals surface area contributed by atoms with Crippen molar-refractivity contribution >= 4 is 28.6 Å². The highest BCUT2D eigenvalue weighted by molar-refractivity contribution is 7.07. The SMILES string of the molecule is O=C(Cc1ccccc1)Nc1cc(-c2csc(=O)[nH]2)ccc1[N+](=O)[O-]. The summed E-state index contributed by atoms with van der Waals surface area (Å²) in [7, 11) is 0. The van der Waals surface area contributed by atoms with Crippen molar-refractivity contribution in [2.45, 2.75) is 6.42 Å². The predicted molar refractivity (Wildman–Crippen MR) is 95.8 cm³/mol. The van der Waals surface area contributed by atoms with Crippen LogP contribution in [0.5, 0.6) is 0 Å². The molecule has 2 aromatic carbocycles. The van der Waals surface area contributed by atoms with Gasteiger partial charge in [-0.3, -0.25) is 19.7 Å². The van der Waals surface area contributed by atoms with Crippen molar-refractivity contribution < 1.29 is 9.72 Å². The van der Waals surface area contributed by atoms with E-state index in [1.165, 1.54) is 18.2 Å². The third-order valence-electron chi connectivity index (χ3n) is 3.51. The summed E-state index contributed by atoms with van der Waals surface area (Å²) in [6.07, 6.45) is 0.109. The lowest BCUT2D eigenvalue weighted by molar-refractivity contribution is -0.383. The molecule has 2 N–H and O–H groups in total. The molecule has 0 fully saturated rings. The molecular formula is C17H13N3O4S. The number of aromatic amines is 1. The topological polar surface area (TPSA) is 105 Å². The molecule has 0 saturated carbocycles. The zero-order valence-corrected chi connectivity index (χ0v) is 13.7. The van der Waals surface area contributed by atoms with Crippen molar-refractivity contribution in [2.75, 3.05) is 5.32 Å². The van der Waals surface area contributed by atoms with E-state index >= 15 is 0 Å². The first kappa shape index (κ1) is 16.6. The Bertz CT molecular complexity index is 979. The first-order valence-corrected chi connectivity index (χ1v) is 8.21. The van der Waals surface area contributed by atoms with Crippen LogP contribution in [0.2, 0.25) is 0 Å². The molecule has 1 amide bonds. The number of amides is 1. The van der Waals surface area contributed by atoms with Crippen LogP contribution in [0.25, 0.3) is 11.3 Å². The molecule has 0 bridgehead atoms. The highest BCUT2D eigenvalue weighted by Crippen LogP contribution is 2.30. The van der Waals surface area contributed by atoms with E-state index in [1.54, 1.807) is 17.5 Å². The van der Waals surface area contributed by atoms with E-state index in [0.717, 1.165) is 16.9 Å². The van der Waals surface area contributed by atoms with Crippen LogP contribution in [0.1, 0.15) is 5.56 Å². The van der Waals surface area contributed by atoms with Gasteiger partial charge in [0.15, 0.2) is 0 Å². The Labute approximate surface area is 146 Å². The van der Waals surface area contributed by atoms with E-state index in [1.807, 2.05) is 18.2 Å². The van der Waals surface area contributed by atoms with E-state index in [4.69, 9.17) is 0 Å². The molecular weight excluding hydrogens is 342 g/mol. The summed E-state index contributed by atoms with van der Waals surface area (Å²) < 4.78 is 0. The van der Waals surface area contributed by atoms with E-state index in [9.17, 15) is 19.7 Å². The number of nitro groups is 1. The van der Waals surface area contributed by atoms with E-state index in [2.05, 4.69) is 10.3 Å². The van der Waals surface area contributed by atoms with Crippen LogP contribution in [-0.2, 0) is 11.2 Å². The molecule has 0 atom stereocenters. The average Bonchev–Trinajstić information content (AvgIpc) is 3.02. The zero-order valence-electron chi connectivity index (χ0n) is 12.9. The Hall–Kier alpha value is -3.26. The number of nitrogens with one attached hydrogen (secondary N) is 2. The van der Waals surface area contributed by atoms with Gasteiger partial charge in [-0.15, -0.1) is 0 Å². The quantitative estimate of drug-likeness (QED) is 0.541. The standard InChI is InChI=1S/C17H13N3O4S/c21-16(8-11-4-2-1-3-5-11)18-13-9-12(6-7-15(13)20(23)24)14-10-25-17(22)19-14/h1-7,9-10H,8H2,(H,18,21)(H,19,22). The summed E-state index contributed by atoms with van der Waals surface area (Å²) in [4.78, 5) is 36.6. The third-order valence-corrected chi connectivity index (χ3v) is 4.18. The van der Waals surface area contributed by atoms with Crippen LogP contribution in [0, 0.1) is 10.1 Å². The second-order valence-corrected chi connectivity index (χ2v) is 6.10. The van der Waals surface area contributed by atoms with Gasteiger partial charge in [-0.25, -0.2) is 0 Å². The van der Waals surface area contributed by atoms with Gasteiger partial charge >= 0.3 is 4.87 Å². The van der Waals surface area contributed by atoms with Gasteiger partial charge in [0.25, 0.3) is 5.69 Å². The Balaban J connectivity index is 1.88. The molecule has 0 unspecified atom stereocenters. The molecule has 0 spiro atoms. The van der Waals surface area contributed by atoms with Crippen LogP contribution >= 0.6 is 11.3 Å². The Kier molecular flexibility index (Phi) is 4.71. The first-order chi connectivity index (χ1) is 12.0. The summed E-state index contributed by atoms with van der Waals surface area (Å²) in [5.41, 5.74) is 1.82. The molecule has 25 heavy (non-hydrogen) atoms. The lowest BCUT2D eigenvalue weighted by atomic mass is 10.1. The lowest BCUT2D eigenvalue weighted by Gasteiger charge is -2.08. The molecule has 126 valence electrons. The van der Waals surface area contributed by atoms with E-state index in [0.29, 0.717) is 11.3 Å². The molecule has 3 aromatic rings. The minimum absolute atomic E-state index is 0.0930. The smallest absolute Gasteiger partial charge is 0.304 e. The fourth-order valence-corrected chi connectivity index (χ4v) is 2.95. The maximum absolute atomic E-state index is 12.2. The van der Waals surface area contributed by atoms with Crippen molar-refractivity contribution in [1.29, 1.82) is 0 Å². The van der Waals surface area contributed by atoms with Gasteiger partial charge in [-0.1, -0.05) is 41.7 Å². The summed E-state index contributed by atoms with van der Waals surface area (Å²) in [5.74, 6) is -0.356. The maximum Gasteiger partial charge on any atom is 0.304 e. The Morgan fingerprint density at radius 1 is 1.20 bits per heavy atom. The number of aromatic nitrogens is 1. The molecule has 0 aliphatic carbocycles. The van der Waals surface area contributed by atoms with Gasteiger partial charge < -0.3 is 10.3 Å². The van der Waals surface area contributed by atoms with Gasteiger partial charge in [0.05, 0.1) is 17.0 Å². The van der Waals surface area contributed by atoms with Crippen LogP contribution in [-0.4, -0.2) is 15.8 Å². The summed E-state index contributed by atoms with van der Waals surface area (Å²) in [6, 6.07) is 13.4. The van der Waals surface area contributed by atoms with Gasteiger partial charge in [-0.2, -0.15) is 0 Å². The van der Waals surface area contributed by atoms with Gasteiger partial charge in [0.1, 0.15) is 5.69 Å². The van der Waals surface area contributed by atoms with Crippen molar-refractivity contribution in [1.82, 2.24) is 4.98 Å². The number of thiazole rings is 1. The number of carbonyl (C=O) groups excluding carboxylic acids is 1. The third kappa shape index (κ3) is 3.99. The average molecular weight is 355 g/mol. The number of hydrogen-bond acceptors (Lipinski definition) is 5. The fourth-order valence-electron chi connectivity index (χ4n) is 2.36. The molecule has 1 heterocycles. The molecule has 0 radical (unpaired) electrons. The fraction of sp³-hybridized carbons (Fsp3) is 0.0588. The van der Waals surface area contributed by atoms with Crippen LogP contribution in [0.3, 0.4) is 0 Å². The summed E-state index contributed by atoms with van der Waals surface area (Å²) >= 11 is 0.999.